The molecule has 1 amide bonds. The molecule has 0 heterocycles. The molecule has 0 fully saturated rings. The topological polar surface area (TPSA) is 58.6 Å². The number of phenolic OH excluding ortho intramolecular Hbond substituents is 1. The van der Waals surface area contributed by atoms with Crippen LogP contribution in [0.15, 0.2) is 6.07 Å². The van der Waals surface area contributed by atoms with Crippen molar-refractivity contribution in [3.63, 3.8) is 0 Å². The van der Waals surface area contributed by atoms with Crippen molar-refractivity contribution in [3.8, 4) is 5.75 Å². The van der Waals surface area contributed by atoms with Gasteiger partial charge in [-0.1, -0.05) is 0 Å². The number of phenols is 1. The summed E-state index contributed by atoms with van der Waals surface area (Å²) in [5.41, 5.74) is -0.808. The number of aromatic hydroxyl groups is 1. The van der Waals surface area contributed by atoms with Crippen LogP contribution < -0.4 is 5.32 Å². The SMILES string of the molecule is COCC(Cl)CNC(=O)c1cc(F)c(F)c(O)c1F. The molecular formula is C11H11ClF3NO3. The molecule has 2 N–H and O–H groups in total. The van der Waals surface area contributed by atoms with Crippen LogP contribution in [0.4, 0.5) is 13.2 Å². The Hall–Kier alpha value is -1.47. The molecule has 1 rings (SSSR count). The summed E-state index contributed by atoms with van der Waals surface area (Å²) in [7, 11) is 1.41. The highest BCUT2D eigenvalue weighted by molar-refractivity contribution is 6.21. The van der Waals surface area contributed by atoms with E-state index in [1.165, 1.54) is 7.11 Å². The van der Waals surface area contributed by atoms with Crippen LogP contribution in [0.1, 0.15) is 10.4 Å². The number of hydrogen-bond acceptors (Lipinski definition) is 3. The third kappa shape index (κ3) is 3.74. The number of nitrogens with one attached hydrogen (secondary N) is 1. The monoisotopic (exact) mass is 297 g/mol. The molecule has 0 spiro atoms. The highest BCUT2D eigenvalue weighted by atomic mass is 35.5. The van der Waals surface area contributed by atoms with Crippen LogP contribution in [0.2, 0.25) is 0 Å². The third-order valence-electron chi connectivity index (χ3n) is 2.21. The van der Waals surface area contributed by atoms with Crippen molar-refractivity contribution in [2.75, 3.05) is 20.3 Å². The lowest BCUT2D eigenvalue weighted by molar-refractivity contribution is 0.0943. The maximum Gasteiger partial charge on any atom is 0.254 e. The lowest BCUT2D eigenvalue weighted by Gasteiger charge is -2.11. The molecule has 0 aliphatic rings. The number of carbonyl (C=O) groups excluding carboxylic acids is 1. The molecule has 0 aliphatic heterocycles. The summed E-state index contributed by atoms with van der Waals surface area (Å²) in [5.74, 6) is -7.36. The lowest BCUT2D eigenvalue weighted by atomic mass is 10.1. The summed E-state index contributed by atoms with van der Waals surface area (Å²) < 4.78 is 43.9. The van der Waals surface area contributed by atoms with Crippen molar-refractivity contribution in [3.05, 3.63) is 29.1 Å². The van der Waals surface area contributed by atoms with Crippen molar-refractivity contribution in [1.82, 2.24) is 5.32 Å². The fraction of sp³-hybridized carbons (Fsp3) is 0.364. The quantitative estimate of drug-likeness (QED) is 0.643. The van der Waals surface area contributed by atoms with E-state index >= 15 is 0 Å². The van der Waals surface area contributed by atoms with Crippen LogP contribution in [0.5, 0.6) is 5.75 Å². The number of alkyl halides is 1. The smallest absolute Gasteiger partial charge is 0.254 e. The van der Waals surface area contributed by atoms with Crippen LogP contribution in [0, 0.1) is 17.5 Å². The van der Waals surface area contributed by atoms with E-state index in [1.54, 1.807) is 0 Å². The highest BCUT2D eigenvalue weighted by Crippen LogP contribution is 2.25. The summed E-state index contributed by atoms with van der Waals surface area (Å²) in [4.78, 5) is 11.5. The molecule has 19 heavy (non-hydrogen) atoms. The Labute approximate surface area is 112 Å². The van der Waals surface area contributed by atoms with E-state index in [9.17, 15) is 18.0 Å². The molecule has 0 aliphatic carbocycles. The molecule has 0 radical (unpaired) electrons. The zero-order valence-corrected chi connectivity index (χ0v) is 10.6. The van der Waals surface area contributed by atoms with Gasteiger partial charge in [0.1, 0.15) is 0 Å². The predicted molar refractivity (Wildman–Crippen MR) is 61.8 cm³/mol. The van der Waals surface area contributed by atoms with Gasteiger partial charge in [-0.15, -0.1) is 11.6 Å². The Bertz CT molecular complexity index is 485. The number of ether oxygens (including phenoxy) is 1. The molecule has 0 bridgehead atoms. The summed E-state index contributed by atoms with van der Waals surface area (Å²) in [6.07, 6.45) is 0. The van der Waals surface area contributed by atoms with Gasteiger partial charge in [0.2, 0.25) is 5.82 Å². The minimum Gasteiger partial charge on any atom is -0.503 e. The normalized spacial score (nSPS) is 12.3. The zero-order chi connectivity index (χ0) is 14.6. The van der Waals surface area contributed by atoms with E-state index in [1.807, 2.05) is 0 Å². The van der Waals surface area contributed by atoms with Crippen LogP contribution in [0.3, 0.4) is 0 Å². The van der Waals surface area contributed by atoms with Crippen molar-refractivity contribution < 1.29 is 27.8 Å². The van der Waals surface area contributed by atoms with E-state index in [-0.39, 0.29) is 13.2 Å². The first-order valence-corrected chi connectivity index (χ1v) is 5.59. The van der Waals surface area contributed by atoms with Gasteiger partial charge in [-0.25, -0.2) is 8.78 Å². The molecule has 0 saturated heterocycles. The fourth-order valence-corrected chi connectivity index (χ4v) is 1.50. The molecule has 1 unspecified atom stereocenters. The van der Waals surface area contributed by atoms with E-state index < -0.39 is 40.0 Å². The average Bonchev–Trinajstić information content (AvgIpc) is 2.38. The molecule has 1 aromatic carbocycles. The minimum atomic E-state index is -1.75. The second-order valence-electron chi connectivity index (χ2n) is 3.65. The summed E-state index contributed by atoms with van der Waals surface area (Å²) in [5, 5.41) is 10.6. The number of benzene rings is 1. The van der Waals surface area contributed by atoms with Crippen molar-refractivity contribution in [2.45, 2.75) is 5.38 Å². The number of halogens is 4. The Morgan fingerprint density at radius 3 is 2.68 bits per heavy atom. The van der Waals surface area contributed by atoms with Gasteiger partial charge in [0.15, 0.2) is 17.4 Å². The van der Waals surface area contributed by atoms with E-state index in [0.29, 0.717) is 6.07 Å². The molecular weight excluding hydrogens is 287 g/mol. The number of methoxy groups -OCH3 is 1. The van der Waals surface area contributed by atoms with E-state index in [0.717, 1.165) is 0 Å². The van der Waals surface area contributed by atoms with Crippen molar-refractivity contribution >= 4 is 17.5 Å². The Morgan fingerprint density at radius 2 is 2.11 bits per heavy atom. The Balaban J connectivity index is 2.83. The van der Waals surface area contributed by atoms with Gasteiger partial charge >= 0.3 is 0 Å². The van der Waals surface area contributed by atoms with E-state index in [4.69, 9.17) is 21.4 Å². The maximum atomic E-state index is 13.4. The Morgan fingerprint density at radius 1 is 1.47 bits per heavy atom. The van der Waals surface area contributed by atoms with Crippen LogP contribution in [-0.2, 0) is 4.74 Å². The van der Waals surface area contributed by atoms with Crippen LogP contribution in [-0.4, -0.2) is 36.7 Å². The Kier molecular flexibility index (Phi) is 5.44. The van der Waals surface area contributed by atoms with Gasteiger partial charge in [-0.2, -0.15) is 4.39 Å². The number of hydrogen-bond donors (Lipinski definition) is 2. The van der Waals surface area contributed by atoms with Crippen molar-refractivity contribution in [2.24, 2.45) is 0 Å². The minimum absolute atomic E-state index is 0.0621. The fourth-order valence-electron chi connectivity index (χ4n) is 1.29. The van der Waals surface area contributed by atoms with Gasteiger partial charge in [0, 0.05) is 13.7 Å². The molecule has 1 aromatic rings. The van der Waals surface area contributed by atoms with Gasteiger partial charge in [0.05, 0.1) is 17.5 Å². The third-order valence-corrected chi connectivity index (χ3v) is 2.49. The molecule has 1 atom stereocenters. The molecule has 0 aromatic heterocycles. The summed E-state index contributed by atoms with van der Waals surface area (Å²) in [6, 6.07) is 0.360. The molecule has 0 saturated carbocycles. The highest BCUT2D eigenvalue weighted by Gasteiger charge is 2.22. The summed E-state index contributed by atoms with van der Waals surface area (Å²) >= 11 is 5.72. The number of rotatable bonds is 5. The zero-order valence-electron chi connectivity index (χ0n) is 9.84. The van der Waals surface area contributed by atoms with Crippen LogP contribution in [0.25, 0.3) is 0 Å². The largest absolute Gasteiger partial charge is 0.503 e. The first-order valence-electron chi connectivity index (χ1n) is 5.16. The molecule has 8 heteroatoms. The molecule has 4 nitrogen and oxygen atoms in total. The number of amides is 1. The first kappa shape index (κ1) is 15.6. The second kappa shape index (κ2) is 6.63. The van der Waals surface area contributed by atoms with Crippen LogP contribution >= 0.6 is 11.6 Å². The predicted octanol–water partition coefficient (Wildman–Crippen LogP) is 1.79. The second-order valence-corrected chi connectivity index (χ2v) is 4.26. The lowest BCUT2D eigenvalue weighted by Crippen LogP contribution is -2.32. The number of carbonyl (C=O) groups is 1. The van der Waals surface area contributed by atoms with Crippen molar-refractivity contribution in [1.29, 1.82) is 0 Å². The standard InChI is InChI=1S/C11H11ClF3NO3/c1-19-4-5(12)3-16-11(18)6-2-7(13)9(15)10(17)8(6)14/h2,5,17H,3-4H2,1H3,(H,16,18). The summed E-state index contributed by atoms with van der Waals surface area (Å²) in [6.45, 7) is 0.0841. The van der Waals surface area contributed by atoms with Gasteiger partial charge in [0.25, 0.3) is 5.91 Å². The molecule has 106 valence electrons. The maximum absolute atomic E-state index is 13.4. The van der Waals surface area contributed by atoms with Gasteiger partial charge in [-0.05, 0) is 6.07 Å². The average molecular weight is 298 g/mol. The van der Waals surface area contributed by atoms with E-state index in [2.05, 4.69) is 5.32 Å². The van der Waals surface area contributed by atoms with Gasteiger partial charge in [-0.3, -0.25) is 4.79 Å². The first-order chi connectivity index (χ1) is 8.88. The van der Waals surface area contributed by atoms with Gasteiger partial charge < -0.3 is 15.2 Å².